The first-order valence-corrected chi connectivity index (χ1v) is 10.7. The van der Waals surface area contributed by atoms with Gasteiger partial charge in [0.2, 0.25) is 5.91 Å². The molecule has 0 bridgehead atoms. The van der Waals surface area contributed by atoms with Gasteiger partial charge in [0.05, 0.1) is 11.2 Å². The summed E-state index contributed by atoms with van der Waals surface area (Å²) in [6, 6.07) is 15.9. The summed E-state index contributed by atoms with van der Waals surface area (Å²) in [4.78, 5) is 33.9. The lowest BCUT2D eigenvalue weighted by atomic mass is 10.0. The smallest absolute Gasteiger partial charge is 0.350 e. The summed E-state index contributed by atoms with van der Waals surface area (Å²) >= 11 is 0. The Morgan fingerprint density at radius 3 is 2.55 bits per heavy atom. The van der Waals surface area contributed by atoms with Gasteiger partial charge in [-0.1, -0.05) is 50.8 Å². The van der Waals surface area contributed by atoms with Gasteiger partial charge in [-0.25, -0.2) is 4.79 Å². The highest BCUT2D eigenvalue weighted by Gasteiger charge is 2.28. The van der Waals surface area contributed by atoms with Gasteiger partial charge in [0, 0.05) is 31.1 Å². The summed E-state index contributed by atoms with van der Waals surface area (Å²) in [5.41, 5.74) is 2.52. The largest absolute Gasteiger partial charge is 0.354 e. The molecule has 0 N–H and O–H groups in total. The third kappa shape index (κ3) is 3.74. The molecule has 160 valence electrons. The van der Waals surface area contributed by atoms with Gasteiger partial charge in [-0.15, -0.1) is 0 Å². The number of carbonyl (C=O) groups excluding carboxylic acids is 1. The number of rotatable bonds is 4. The van der Waals surface area contributed by atoms with Crippen molar-refractivity contribution in [2.24, 2.45) is 0 Å². The van der Waals surface area contributed by atoms with Gasteiger partial charge >= 0.3 is 5.69 Å². The molecule has 0 saturated carbocycles. The maximum atomic E-state index is 13.3. The van der Waals surface area contributed by atoms with Gasteiger partial charge in [-0.2, -0.15) is 4.98 Å². The summed E-state index contributed by atoms with van der Waals surface area (Å²) in [6.07, 6.45) is 1.35. The Morgan fingerprint density at radius 2 is 1.84 bits per heavy atom. The minimum Gasteiger partial charge on any atom is -0.350 e. The molecule has 4 rings (SSSR count). The second-order valence-corrected chi connectivity index (χ2v) is 8.31. The van der Waals surface area contributed by atoms with Crippen LogP contribution in [0.1, 0.15) is 32.3 Å². The second-order valence-electron chi connectivity index (χ2n) is 8.31. The minimum absolute atomic E-state index is 0.0340. The molecule has 31 heavy (non-hydrogen) atoms. The summed E-state index contributed by atoms with van der Waals surface area (Å²) in [5, 5.41) is 0.927. The van der Waals surface area contributed by atoms with E-state index >= 15 is 0 Å². The molecule has 1 atom stereocenters. The molecule has 1 aliphatic heterocycles. The Balaban J connectivity index is 1.85. The van der Waals surface area contributed by atoms with E-state index in [9.17, 15) is 9.59 Å². The number of carbonyl (C=O) groups is 1. The van der Waals surface area contributed by atoms with E-state index in [-0.39, 0.29) is 23.6 Å². The minimum atomic E-state index is -0.293. The van der Waals surface area contributed by atoms with Crippen LogP contribution in [-0.4, -0.2) is 46.0 Å². The van der Waals surface area contributed by atoms with Crippen LogP contribution in [0.15, 0.2) is 66.0 Å². The van der Waals surface area contributed by atoms with Crippen LogP contribution in [-0.2, 0) is 4.79 Å². The van der Waals surface area contributed by atoms with E-state index in [0.29, 0.717) is 25.5 Å². The topological polar surface area (TPSA) is 58.4 Å². The zero-order valence-corrected chi connectivity index (χ0v) is 18.3. The lowest BCUT2D eigenvalue weighted by Gasteiger charge is -2.40. The molecule has 0 aliphatic carbocycles. The monoisotopic (exact) mass is 416 g/mol. The molecule has 3 aromatic rings. The average Bonchev–Trinajstić information content (AvgIpc) is 2.78. The molecule has 1 saturated heterocycles. The number of nitrogens with zero attached hydrogens (tertiary/aromatic N) is 4. The first kappa shape index (κ1) is 20.8. The van der Waals surface area contributed by atoms with Gasteiger partial charge in [-0.3, -0.25) is 9.36 Å². The number of fused-ring (bicyclic) bond motifs is 1. The normalized spacial score (nSPS) is 16.7. The molecule has 6 nitrogen and oxygen atoms in total. The third-order valence-corrected chi connectivity index (χ3v) is 5.96. The van der Waals surface area contributed by atoms with E-state index in [4.69, 9.17) is 0 Å². The van der Waals surface area contributed by atoms with Crippen molar-refractivity contribution in [3.63, 3.8) is 0 Å². The van der Waals surface area contributed by atoms with Crippen molar-refractivity contribution in [3.05, 3.63) is 77.2 Å². The van der Waals surface area contributed by atoms with Crippen molar-refractivity contribution in [3.8, 4) is 5.69 Å². The number of amides is 1. The zero-order valence-electron chi connectivity index (χ0n) is 18.3. The lowest BCUT2D eigenvalue weighted by molar-refractivity contribution is -0.126. The highest BCUT2D eigenvalue weighted by Crippen LogP contribution is 2.30. The first-order chi connectivity index (χ1) is 14.9. The molecular weight excluding hydrogens is 388 g/mol. The van der Waals surface area contributed by atoms with E-state index in [1.165, 1.54) is 6.08 Å². The van der Waals surface area contributed by atoms with Crippen molar-refractivity contribution >= 4 is 22.6 Å². The molecule has 1 fully saturated rings. The van der Waals surface area contributed by atoms with Crippen LogP contribution >= 0.6 is 0 Å². The lowest BCUT2D eigenvalue weighted by Crippen LogP contribution is -2.54. The molecular formula is C25H28N4O2. The summed E-state index contributed by atoms with van der Waals surface area (Å²) in [6.45, 7) is 11.6. The highest BCUT2D eigenvalue weighted by atomic mass is 16.2. The van der Waals surface area contributed by atoms with Gasteiger partial charge < -0.3 is 9.80 Å². The fourth-order valence-electron chi connectivity index (χ4n) is 4.39. The van der Waals surface area contributed by atoms with E-state index < -0.39 is 0 Å². The third-order valence-electron chi connectivity index (χ3n) is 5.96. The van der Waals surface area contributed by atoms with Gasteiger partial charge in [0.15, 0.2) is 0 Å². The van der Waals surface area contributed by atoms with Crippen molar-refractivity contribution in [2.75, 3.05) is 24.5 Å². The average molecular weight is 417 g/mol. The first-order valence-electron chi connectivity index (χ1n) is 10.7. The van der Waals surface area contributed by atoms with E-state index in [1.807, 2.05) is 42.5 Å². The molecule has 6 heteroatoms. The van der Waals surface area contributed by atoms with Gasteiger partial charge in [0.25, 0.3) is 0 Å². The van der Waals surface area contributed by atoms with E-state index in [1.54, 1.807) is 9.47 Å². The van der Waals surface area contributed by atoms with Crippen LogP contribution in [0.5, 0.6) is 0 Å². The van der Waals surface area contributed by atoms with Crippen LogP contribution in [0, 0.1) is 0 Å². The second kappa shape index (κ2) is 8.38. The number of piperazine rings is 1. The molecule has 1 aromatic heterocycles. The maximum absolute atomic E-state index is 13.3. The summed E-state index contributed by atoms with van der Waals surface area (Å²) < 4.78 is 1.72. The zero-order chi connectivity index (χ0) is 22.1. The Hall–Kier alpha value is -3.41. The Bertz CT molecular complexity index is 1200. The number of para-hydroxylation sites is 2. The van der Waals surface area contributed by atoms with Crippen molar-refractivity contribution < 1.29 is 4.79 Å². The highest BCUT2D eigenvalue weighted by molar-refractivity contribution is 5.91. The van der Waals surface area contributed by atoms with Crippen LogP contribution in [0.25, 0.3) is 16.6 Å². The SMILES string of the molecule is C=CC(=O)N1CCN(c2nc(=O)n(-c3ccccc3C(C)C)c3ccccc23)[C@@H](C)C1. The van der Waals surface area contributed by atoms with Crippen LogP contribution in [0.2, 0.25) is 0 Å². The molecule has 2 heterocycles. The van der Waals surface area contributed by atoms with Crippen molar-refractivity contribution in [2.45, 2.75) is 32.7 Å². The predicted octanol–water partition coefficient (Wildman–Crippen LogP) is 3.73. The molecule has 0 radical (unpaired) electrons. The fourth-order valence-corrected chi connectivity index (χ4v) is 4.39. The molecule has 1 aliphatic rings. The number of benzene rings is 2. The van der Waals surface area contributed by atoms with Gasteiger partial charge in [-0.05, 0) is 42.7 Å². The Labute approximate surface area is 182 Å². The molecule has 2 aromatic carbocycles. The fraction of sp³-hybridized carbons (Fsp3) is 0.320. The number of aromatic nitrogens is 2. The molecule has 0 unspecified atom stereocenters. The van der Waals surface area contributed by atoms with Gasteiger partial charge in [0.1, 0.15) is 5.82 Å². The molecule has 1 amide bonds. The maximum Gasteiger partial charge on any atom is 0.354 e. The number of hydrogen-bond acceptors (Lipinski definition) is 4. The Kier molecular flexibility index (Phi) is 5.63. The van der Waals surface area contributed by atoms with Crippen molar-refractivity contribution in [1.29, 1.82) is 0 Å². The summed E-state index contributed by atoms with van der Waals surface area (Å²) in [5.74, 6) is 0.888. The van der Waals surface area contributed by atoms with Crippen LogP contribution in [0.3, 0.4) is 0 Å². The van der Waals surface area contributed by atoms with Crippen molar-refractivity contribution in [1.82, 2.24) is 14.5 Å². The number of anilines is 1. The van der Waals surface area contributed by atoms with E-state index in [2.05, 4.69) is 43.3 Å². The predicted molar refractivity (Wildman–Crippen MR) is 125 cm³/mol. The van der Waals surface area contributed by atoms with E-state index in [0.717, 1.165) is 22.2 Å². The summed E-state index contributed by atoms with van der Waals surface area (Å²) in [7, 11) is 0. The van der Waals surface area contributed by atoms with Crippen LogP contribution in [0.4, 0.5) is 5.82 Å². The quantitative estimate of drug-likeness (QED) is 0.608. The van der Waals surface area contributed by atoms with Crippen LogP contribution < -0.4 is 10.6 Å². The number of hydrogen-bond donors (Lipinski definition) is 0. The molecule has 0 spiro atoms. The standard InChI is InChI=1S/C25H28N4O2/c1-5-23(30)27-14-15-28(18(4)16-27)24-20-11-7-9-13-22(20)29(25(31)26-24)21-12-8-6-10-19(21)17(2)3/h5-13,17-18H,1,14-16H2,2-4H3/t18-/m0/s1. The Morgan fingerprint density at radius 1 is 1.13 bits per heavy atom.